The van der Waals surface area contributed by atoms with E-state index in [1.807, 2.05) is 0 Å². The molecule has 2 rings (SSSR count). The smallest absolute Gasteiger partial charge is 0.151 e. The van der Waals surface area contributed by atoms with Gasteiger partial charge >= 0.3 is 0 Å². The first-order chi connectivity index (χ1) is 8.11. The van der Waals surface area contributed by atoms with Crippen molar-refractivity contribution in [3.8, 4) is 0 Å². The molecule has 1 aromatic rings. The molecule has 2 nitrogen and oxygen atoms in total. The Morgan fingerprint density at radius 2 is 1.76 bits per heavy atom. The lowest BCUT2D eigenvalue weighted by atomic mass is 9.94. The SMILES string of the molecule is CCC1CCN(c2c(F)cc(N)cc2F)CC1. The third kappa shape index (κ3) is 2.51. The average Bonchev–Trinajstić information content (AvgIpc) is 2.28. The van der Waals surface area contributed by atoms with Gasteiger partial charge in [0.1, 0.15) is 5.69 Å². The summed E-state index contributed by atoms with van der Waals surface area (Å²) >= 11 is 0. The third-order valence-electron chi connectivity index (χ3n) is 3.55. The summed E-state index contributed by atoms with van der Waals surface area (Å²) in [4.78, 5) is 1.79. The molecule has 1 aromatic carbocycles. The molecule has 1 aliphatic rings. The number of nitrogens with two attached hydrogens (primary N) is 1. The summed E-state index contributed by atoms with van der Waals surface area (Å²) < 4.78 is 27.4. The minimum Gasteiger partial charge on any atom is -0.399 e. The van der Waals surface area contributed by atoms with Gasteiger partial charge in [-0.1, -0.05) is 13.3 Å². The molecule has 1 heterocycles. The predicted octanol–water partition coefficient (Wildman–Crippen LogP) is 3.17. The van der Waals surface area contributed by atoms with Crippen LogP contribution in [0.4, 0.5) is 20.2 Å². The molecule has 1 fully saturated rings. The van der Waals surface area contributed by atoms with Gasteiger partial charge in [0.2, 0.25) is 0 Å². The Hall–Kier alpha value is -1.32. The first-order valence-electron chi connectivity index (χ1n) is 6.11. The van der Waals surface area contributed by atoms with E-state index < -0.39 is 11.6 Å². The number of piperidine rings is 1. The van der Waals surface area contributed by atoms with Gasteiger partial charge in [-0.25, -0.2) is 8.78 Å². The normalized spacial score (nSPS) is 17.5. The lowest BCUT2D eigenvalue weighted by Gasteiger charge is -2.33. The van der Waals surface area contributed by atoms with Crippen LogP contribution in [0.15, 0.2) is 12.1 Å². The third-order valence-corrected chi connectivity index (χ3v) is 3.55. The summed E-state index contributed by atoms with van der Waals surface area (Å²) in [5, 5.41) is 0. The van der Waals surface area contributed by atoms with Gasteiger partial charge in [0.05, 0.1) is 0 Å². The summed E-state index contributed by atoms with van der Waals surface area (Å²) in [5.74, 6) is -0.430. The number of rotatable bonds is 2. The Bertz CT molecular complexity index is 375. The summed E-state index contributed by atoms with van der Waals surface area (Å²) in [6.45, 7) is 3.59. The molecule has 0 aromatic heterocycles. The topological polar surface area (TPSA) is 29.3 Å². The van der Waals surface area contributed by atoms with E-state index in [2.05, 4.69) is 6.92 Å². The largest absolute Gasteiger partial charge is 0.399 e. The molecule has 0 spiro atoms. The quantitative estimate of drug-likeness (QED) is 0.804. The minimum absolute atomic E-state index is 0.0775. The second-order valence-electron chi connectivity index (χ2n) is 4.67. The minimum atomic E-state index is -0.558. The van der Waals surface area contributed by atoms with Crippen molar-refractivity contribution in [1.82, 2.24) is 0 Å². The van der Waals surface area contributed by atoms with E-state index in [-0.39, 0.29) is 11.4 Å². The van der Waals surface area contributed by atoms with Gasteiger partial charge in [0.15, 0.2) is 11.6 Å². The van der Waals surface area contributed by atoms with Crippen LogP contribution in [0.5, 0.6) is 0 Å². The van der Waals surface area contributed by atoms with Gasteiger partial charge in [-0.2, -0.15) is 0 Å². The van der Waals surface area contributed by atoms with Gasteiger partial charge in [-0.05, 0) is 30.9 Å². The van der Waals surface area contributed by atoms with Crippen molar-refractivity contribution in [3.63, 3.8) is 0 Å². The lowest BCUT2D eigenvalue weighted by Crippen LogP contribution is -2.34. The second-order valence-corrected chi connectivity index (χ2v) is 4.67. The van der Waals surface area contributed by atoms with Gasteiger partial charge in [-0.15, -0.1) is 0 Å². The fraction of sp³-hybridized carbons (Fsp3) is 0.538. The van der Waals surface area contributed by atoms with Gasteiger partial charge in [0, 0.05) is 18.8 Å². The maximum absolute atomic E-state index is 13.7. The molecule has 0 unspecified atom stereocenters. The molecule has 0 saturated carbocycles. The maximum Gasteiger partial charge on any atom is 0.151 e. The zero-order valence-corrected chi connectivity index (χ0v) is 10.0. The maximum atomic E-state index is 13.7. The molecule has 2 N–H and O–H groups in total. The van der Waals surface area contributed by atoms with Gasteiger partial charge in [-0.3, -0.25) is 0 Å². The average molecular weight is 240 g/mol. The zero-order chi connectivity index (χ0) is 12.4. The van der Waals surface area contributed by atoms with Gasteiger partial charge in [0.25, 0.3) is 0 Å². The number of anilines is 2. The fourth-order valence-electron chi connectivity index (χ4n) is 2.45. The van der Waals surface area contributed by atoms with Crippen LogP contribution in [0, 0.1) is 17.6 Å². The monoisotopic (exact) mass is 240 g/mol. The van der Waals surface area contributed by atoms with Crippen LogP contribution in [-0.2, 0) is 0 Å². The summed E-state index contributed by atoms with van der Waals surface area (Å²) in [5.41, 5.74) is 5.61. The molecule has 4 heteroatoms. The van der Waals surface area contributed by atoms with Crippen LogP contribution in [0.25, 0.3) is 0 Å². The molecular weight excluding hydrogens is 222 g/mol. The highest BCUT2D eigenvalue weighted by Gasteiger charge is 2.23. The second kappa shape index (κ2) is 4.90. The number of hydrogen-bond donors (Lipinski definition) is 1. The van der Waals surface area contributed by atoms with E-state index in [1.165, 1.54) is 12.1 Å². The molecule has 1 saturated heterocycles. The number of hydrogen-bond acceptors (Lipinski definition) is 2. The Balaban J connectivity index is 2.18. The highest BCUT2D eigenvalue weighted by molar-refractivity contribution is 5.56. The highest BCUT2D eigenvalue weighted by atomic mass is 19.1. The van der Waals surface area contributed by atoms with E-state index in [0.29, 0.717) is 5.92 Å². The molecule has 94 valence electrons. The molecule has 0 atom stereocenters. The first kappa shape index (κ1) is 12.1. The van der Waals surface area contributed by atoms with E-state index in [4.69, 9.17) is 5.73 Å². The van der Waals surface area contributed by atoms with Crippen LogP contribution in [0.3, 0.4) is 0 Å². The molecular formula is C13H18F2N2. The standard InChI is InChI=1S/C13H18F2N2/c1-2-9-3-5-17(6-4-9)13-11(14)7-10(16)8-12(13)15/h7-9H,2-6,16H2,1H3. The number of halogens is 2. The zero-order valence-electron chi connectivity index (χ0n) is 10.0. The van der Waals surface area contributed by atoms with Gasteiger partial charge < -0.3 is 10.6 Å². The van der Waals surface area contributed by atoms with Crippen LogP contribution in [-0.4, -0.2) is 13.1 Å². The van der Waals surface area contributed by atoms with Crippen molar-refractivity contribution in [2.45, 2.75) is 26.2 Å². The Morgan fingerprint density at radius 3 is 2.24 bits per heavy atom. The summed E-state index contributed by atoms with van der Waals surface area (Å²) in [6.07, 6.45) is 3.14. The highest BCUT2D eigenvalue weighted by Crippen LogP contribution is 2.30. The Labute approximate surface area is 100 Å². The predicted molar refractivity (Wildman–Crippen MR) is 66.0 cm³/mol. The number of nitrogens with zero attached hydrogens (tertiary/aromatic N) is 1. The fourth-order valence-corrected chi connectivity index (χ4v) is 2.45. The summed E-state index contributed by atoms with van der Waals surface area (Å²) in [7, 11) is 0. The summed E-state index contributed by atoms with van der Waals surface area (Å²) in [6, 6.07) is 2.37. The van der Waals surface area contributed by atoms with Crippen LogP contribution < -0.4 is 10.6 Å². The van der Waals surface area contributed by atoms with Crippen molar-refractivity contribution in [2.75, 3.05) is 23.7 Å². The van der Waals surface area contributed by atoms with E-state index >= 15 is 0 Å². The lowest BCUT2D eigenvalue weighted by molar-refractivity contribution is 0.390. The Kier molecular flexibility index (Phi) is 3.50. The van der Waals surface area contributed by atoms with Crippen molar-refractivity contribution in [3.05, 3.63) is 23.8 Å². The van der Waals surface area contributed by atoms with Crippen molar-refractivity contribution < 1.29 is 8.78 Å². The Morgan fingerprint density at radius 1 is 1.24 bits per heavy atom. The molecule has 0 aliphatic carbocycles. The van der Waals surface area contributed by atoms with Crippen molar-refractivity contribution in [1.29, 1.82) is 0 Å². The molecule has 17 heavy (non-hydrogen) atoms. The molecule has 1 aliphatic heterocycles. The number of nitrogen functional groups attached to an aromatic ring is 1. The van der Waals surface area contributed by atoms with E-state index in [9.17, 15) is 8.78 Å². The molecule has 0 bridgehead atoms. The molecule has 0 radical (unpaired) electrons. The van der Waals surface area contributed by atoms with E-state index in [0.717, 1.165) is 32.4 Å². The van der Waals surface area contributed by atoms with Crippen LogP contribution >= 0.6 is 0 Å². The van der Waals surface area contributed by atoms with Crippen molar-refractivity contribution in [2.24, 2.45) is 5.92 Å². The first-order valence-corrected chi connectivity index (χ1v) is 6.11. The van der Waals surface area contributed by atoms with E-state index in [1.54, 1.807) is 4.90 Å². The van der Waals surface area contributed by atoms with Crippen LogP contribution in [0.2, 0.25) is 0 Å². The number of benzene rings is 1. The van der Waals surface area contributed by atoms with Crippen LogP contribution in [0.1, 0.15) is 26.2 Å². The molecule has 0 amide bonds. The van der Waals surface area contributed by atoms with Crippen molar-refractivity contribution >= 4 is 11.4 Å².